The second-order valence-electron chi connectivity index (χ2n) is 4.55. The highest BCUT2D eigenvalue weighted by molar-refractivity contribution is 9.10. The van der Waals surface area contributed by atoms with Crippen LogP contribution < -0.4 is 9.47 Å². The highest BCUT2D eigenvalue weighted by Gasteiger charge is 2.10. The van der Waals surface area contributed by atoms with E-state index in [4.69, 9.17) is 9.47 Å². The lowest BCUT2D eigenvalue weighted by Gasteiger charge is -2.09. The van der Waals surface area contributed by atoms with Crippen LogP contribution in [0.2, 0.25) is 0 Å². The van der Waals surface area contributed by atoms with Crippen LogP contribution in [0.25, 0.3) is 0 Å². The minimum Gasteiger partial charge on any atom is -0.493 e. The van der Waals surface area contributed by atoms with E-state index in [0.717, 1.165) is 15.1 Å². The van der Waals surface area contributed by atoms with Gasteiger partial charge < -0.3 is 9.47 Å². The summed E-state index contributed by atoms with van der Waals surface area (Å²) in [5.41, 5.74) is 0.647. The minimum absolute atomic E-state index is 0.102. The topological polar surface area (TPSA) is 35.5 Å². The number of ether oxygens (including phenoxy) is 2. The average molecular weight is 381 g/mol. The number of thioether (sulfide) groups is 1. The van der Waals surface area contributed by atoms with E-state index in [1.807, 2.05) is 24.3 Å². The third kappa shape index (κ3) is 4.52. The zero-order valence-electron chi connectivity index (χ0n) is 12.5. The fourth-order valence-corrected chi connectivity index (χ4v) is 3.06. The van der Waals surface area contributed by atoms with Crippen molar-refractivity contribution in [2.24, 2.45) is 0 Å². The van der Waals surface area contributed by atoms with Crippen molar-refractivity contribution < 1.29 is 14.3 Å². The Kier molecular flexibility index (Phi) is 6.34. The van der Waals surface area contributed by atoms with Gasteiger partial charge in [-0.05, 0) is 42.5 Å². The summed E-state index contributed by atoms with van der Waals surface area (Å²) in [7, 11) is 3.14. The van der Waals surface area contributed by atoms with Gasteiger partial charge in [0.1, 0.15) is 0 Å². The molecule has 0 aliphatic rings. The third-order valence-corrected chi connectivity index (χ3v) is 4.66. The maximum Gasteiger partial charge on any atom is 0.163 e. The van der Waals surface area contributed by atoms with Crippen molar-refractivity contribution in [2.45, 2.75) is 11.3 Å². The molecule has 0 aliphatic carbocycles. The van der Waals surface area contributed by atoms with E-state index in [0.29, 0.717) is 23.5 Å². The van der Waals surface area contributed by atoms with Gasteiger partial charge in [0.2, 0.25) is 0 Å². The van der Waals surface area contributed by atoms with Crippen molar-refractivity contribution in [2.75, 3.05) is 20.0 Å². The molecular formula is C17H17BrO3S. The second-order valence-corrected chi connectivity index (χ2v) is 6.63. The van der Waals surface area contributed by atoms with E-state index >= 15 is 0 Å². The summed E-state index contributed by atoms with van der Waals surface area (Å²) in [5.74, 6) is 2.05. The zero-order valence-corrected chi connectivity index (χ0v) is 14.9. The predicted molar refractivity (Wildman–Crippen MR) is 93.4 cm³/mol. The number of rotatable bonds is 7. The summed E-state index contributed by atoms with van der Waals surface area (Å²) in [6.45, 7) is 0. The van der Waals surface area contributed by atoms with Gasteiger partial charge in [-0.3, -0.25) is 4.79 Å². The molecular weight excluding hydrogens is 364 g/mol. The highest BCUT2D eigenvalue weighted by Crippen LogP contribution is 2.28. The lowest BCUT2D eigenvalue weighted by molar-refractivity contribution is 0.0989. The summed E-state index contributed by atoms with van der Waals surface area (Å²) in [6, 6.07) is 13.3. The Morgan fingerprint density at radius 1 is 1.05 bits per heavy atom. The average Bonchev–Trinajstić information content (AvgIpc) is 2.55. The van der Waals surface area contributed by atoms with Crippen LogP contribution in [-0.2, 0) is 0 Å². The first-order chi connectivity index (χ1) is 10.6. The number of hydrogen-bond acceptors (Lipinski definition) is 4. The molecule has 0 aliphatic heterocycles. The summed E-state index contributed by atoms with van der Waals surface area (Å²) < 4.78 is 11.5. The summed E-state index contributed by atoms with van der Waals surface area (Å²) >= 11 is 5.08. The lowest BCUT2D eigenvalue weighted by atomic mass is 10.1. The molecule has 2 rings (SSSR count). The highest BCUT2D eigenvalue weighted by atomic mass is 79.9. The van der Waals surface area contributed by atoms with E-state index in [1.54, 1.807) is 44.2 Å². The number of methoxy groups -OCH3 is 2. The number of carbonyl (C=O) groups is 1. The van der Waals surface area contributed by atoms with E-state index in [-0.39, 0.29) is 5.78 Å². The molecule has 0 aromatic heterocycles. The summed E-state index contributed by atoms with van der Waals surface area (Å²) in [5, 5.41) is 0. The second kappa shape index (κ2) is 8.25. The van der Waals surface area contributed by atoms with Crippen molar-refractivity contribution in [3.63, 3.8) is 0 Å². The van der Waals surface area contributed by atoms with E-state index in [1.165, 1.54) is 0 Å². The molecule has 0 radical (unpaired) electrons. The fourth-order valence-electron chi connectivity index (χ4n) is 1.95. The molecule has 0 fully saturated rings. The molecule has 116 valence electrons. The molecule has 2 aromatic rings. The summed E-state index contributed by atoms with van der Waals surface area (Å²) in [4.78, 5) is 13.4. The Bertz CT molecular complexity index is 641. The van der Waals surface area contributed by atoms with Crippen LogP contribution in [0.5, 0.6) is 11.5 Å². The molecule has 0 heterocycles. The number of ketones is 1. The van der Waals surface area contributed by atoms with Gasteiger partial charge in [0.25, 0.3) is 0 Å². The minimum atomic E-state index is 0.102. The maximum absolute atomic E-state index is 12.2. The largest absolute Gasteiger partial charge is 0.493 e. The van der Waals surface area contributed by atoms with Gasteiger partial charge in [-0.15, -0.1) is 11.8 Å². The van der Waals surface area contributed by atoms with Crippen LogP contribution in [0.15, 0.2) is 51.8 Å². The number of benzene rings is 2. The van der Waals surface area contributed by atoms with Crippen molar-refractivity contribution in [1.82, 2.24) is 0 Å². The lowest BCUT2D eigenvalue weighted by Crippen LogP contribution is -2.02. The van der Waals surface area contributed by atoms with E-state index in [9.17, 15) is 4.79 Å². The molecule has 0 N–H and O–H groups in total. The first-order valence-corrected chi connectivity index (χ1v) is 8.55. The standard InChI is InChI=1S/C17H17BrO3S/c1-20-16-8-3-12(11-17(16)21-2)15(19)9-10-22-14-6-4-13(18)5-7-14/h3-8,11H,9-10H2,1-2H3. The van der Waals surface area contributed by atoms with E-state index in [2.05, 4.69) is 15.9 Å². The number of carbonyl (C=O) groups excluding carboxylic acids is 1. The van der Waals surface area contributed by atoms with Crippen molar-refractivity contribution >= 4 is 33.5 Å². The number of hydrogen-bond donors (Lipinski definition) is 0. The van der Waals surface area contributed by atoms with Gasteiger partial charge in [0, 0.05) is 27.1 Å². The molecule has 22 heavy (non-hydrogen) atoms. The molecule has 0 atom stereocenters. The molecule has 0 saturated heterocycles. The number of Topliss-reactive ketones (excluding diaryl/α,β-unsaturated/α-hetero) is 1. The third-order valence-electron chi connectivity index (χ3n) is 3.12. The Morgan fingerprint density at radius 3 is 2.36 bits per heavy atom. The first kappa shape index (κ1) is 16.9. The quantitative estimate of drug-likeness (QED) is 0.508. The monoisotopic (exact) mass is 380 g/mol. The molecule has 0 saturated carbocycles. The smallest absolute Gasteiger partial charge is 0.163 e. The normalized spacial score (nSPS) is 10.3. The Morgan fingerprint density at radius 2 is 1.73 bits per heavy atom. The van der Waals surface area contributed by atoms with Crippen LogP contribution in [-0.4, -0.2) is 25.8 Å². The molecule has 2 aromatic carbocycles. The van der Waals surface area contributed by atoms with Crippen LogP contribution in [0.4, 0.5) is 0 Å². The van der Waals surface area contributed by atoms with Crippen LogP contribution in [0.3, 0.4) is 0 Å². The van der Waals surface area contributed by atoms with Crippen LogP contribution in [0, 0.1) is 0 Å². The van der Waals surface area contributed by atoms with E-state index < -0.39 is 0 Å². The van der Waals surface area contributed by atoms with Gasteiger partial charge in [0.15, 0.2) is 17.3 Å². The SMILES string of the molecule is COc1ccc(C(=O)CCSc2ccc(Br)cc2)cc1OC. The van der Waals surface area contributed by atoms with Crippen LogP contribution >= 0.6 is 27.7 Å². The Balaban J connectivity index is 1.93. The first-order valence-electron chi connectivity index (χ1n) is 6.77. The van der Waals surface area contributed by atoms with Crippen LogP contribution in [0.1, 0.15) is 16.8 Å². The van der Waals surface area contributed by atoms with Crippen molar-refractivity contribution in [3.05, 3.63) is 52.5 Å². The van der Waals surface area contributed by atoms with Crippen molar-refractivity contribution in [1.29, 1.82) is 0 Å². The number of halogens is 1. The van der Waals surface area contributed by atoms with Gasteiger partial charge in [-0.25, -0.2) is 0 Å². The molecule has 3 nitrogen and oxygen atoms in total. The molecule has 0 spiro atoms. The van der Waals surface area contributed by atoms with Crippen molar-refractivity contribution in [3.8, 4) is 11.5 Å². The Hall–Kier alpha value is -1.46. The van der Waals surface area contributed by atoms with Gasteiger partial charge in [-0.1, -0.05) is 15.9 Å². The van der Waals surface area contributed by atoms with Gasteiger partial charge in [0.05, 0.1) is 14.2 Å². The Labute approximate surface area is 143 Å². The zero-order chi connectivity index (χ0) is 15.9. The molecule has 0 bridgehead atoms. The predicted octanol–water partition coefficient (Wildman–Crippen LogP) is 4.83. The molecule has 0 unspecified atom stereocenters. The van der Waals surface area contributed by atoms with Gasteiger partial charge in [-0.2, -0.15) is 0 Å². The molecule has 0 amide bonds. The fraction of sp³-hybridized carbons (Fsp3) is 0.235. The maximum atomic E-state index is 12.2. The van der Waals surface area contributed by atoms with Gasteiger partial charge >= 0.3 is 0 Å². The summed E-state index contributed by atoms with van der Waals surface area (Å²) in [6.07, 6.45) is 0.482. The molecule has 5 heteroatoms.